The number of nitrogens with one attached hydrogen (secondary N) is 1. The fraction of sp³-hybridized carbons (Fsp3) is 0.250. The molecule has 1 aliphatic rings. The zero-order chi connectivity index (χ0) is 18.7. The molecule has 3 N–H and O–H groups in total. The van der Waals surface area contributed by atoms with E-state index in [0.717, 1.165) is 26.3 Å². The predicted octanol–water partition coefficient (Wildman–Crippen LogP) is 5.37. The number of nitrogens with two attached hydrogens (primary N) is 1. The molecule has 0 aromatic heterocycles. The van der Waals surface area contributed by atoms with Gasteiger partial charge in [0.05, 0.1) is 6.04 Å². The monoisotopic (exact) mass is 434 g/mol. The first-order chi connectivity index (χ1) is 12.5. The minimum atomic E-state index is -0.518. The molecule has 136 valence electrons. The highest BCUT2D eigenvalue weighted by Crippen LogP contribution is 2.37. The lowest BCUT2D eigenvalue weighted by Crippen LogP contribution is -2.20. The van der Waals surface area contributed by atoms with E-state index in [4.69, 9.17) is 5.73 Å². The first-order valence-electron chi connectivity index (χ1n) is 8.30. The maximum atomic E-state index is 12.9. The molecular formula is C20H20BrFN2OS. The van der Waals surface area contributed by atoms with Crippen LogP contribution in [0.5, 0.6) is 0 Å². The van der Waals surface area contributed by atoms with Crippen LogP contribution >= 0.6 is 27.7 Å². The van der Waals surface area contributed by atoms with Crippen LogP contribution in [0, 0.1) is 0 Å². The number of carbonyl (C=O) groups excluding carboxylic acids is 1. The van der Waals surface area contributed by atoms with Crippen LogP contribution in [0.4, 0.5) is 10.1 Å². The van der Waals surface area contributed by atoms with E-state index in [1.165, 1.54) is 0 Å². The van der Waals surface area contributed by atoms with Crippen LogP contribution in [0.25, 0.3) is 0 Å². The molecule has 0 aliphatic heterocycles. The number of carbonyl (C=O) groups is 1. The van der Waals surface area contributed by atoms with Crippen molar-refractivity contribution in [1.29, 1.82) is 0 Å². The van der Waals surface area contributed by atoms with E-state index >= 15 is 0 Å². The van der Waals surface area contributed by atoms with Gasteiger partial charge in [0.2, 0.25) is 0 Å². The van der Waals surface area contributed by atoms with Crippen molar-refractivity contribution in [3.63, 3.8) is 0 Å². The molecule has 0 saturated heterocycles. The van der Waals surface area contributed by atoms with Crippen molar-refractivity contribution >= 4 is 39.2 Å². The van der Waals surface area contributed by atoms with Gasteiger partial charge in [0.25, 0.3) is 0 Å². The van der Waals surface area contributed by atoms with Crippen LogP contribution in [0.1, 0.15) is 30.0 Å². The van der Waals surface area contributed by atoms with Crippen molar-refractivity contribution in [2.24, 2.45) is 5.73 Å². The highest BCUT2D eigenvalue weighted by Gasteiger charge is 2.30. The zero-order valence-corrected chi connectivity index (χ0v) is 16.8. The average Bonchev–Trinajstić information content (AvgIpc) is 3.01. The number of alkyl halides is 1. The molecule has 0 fully saturated rings. The van der Waals surface area contributed by atoms with Crippen molar-refractivity contribution < 1.29 is 9.18 Å². The lowest BCUT2D eigenvalue weighted by atomic mass is 9.97. The number of hydrogen-bond acceptors (Lipinski definition) is 4. The SMILES string of the molecule is CSc1cc(Br)ccc1C(N)C1=C(Nc2cccc(CF)c2)CCC1=O. The van der Waals surface area contributed by atoms with Gasteiger partial charge in [0, 0.05) is 32.7 Å². The Hall–Kier alpha value is -1.63. The highest BCUT2D eigenvalue weighted by molar-refractivity contribution is 9.10. The van der Waals surface area contributed by atoms with E-state index in [9.17, 15) is 9.18 Å². The molecule has 0 radical (unpaired) electrons. The molecule has 1 unspecified atom stereocenters. The molecule has 2 aromatic rings. The van der Waals surface area contributed by atoms with E-state index in [2.05, 4.69) is 21.2 Å². The van der Waals surface area contributed by atoms with Gasteiger partial charge < -0.3 is 11.1 Å². The molecule has 3 nitrogen and oxygen atoms in total. The Bertz CT molecular complexity index is 869. The summed E-state index contributed by atoms with van der Waals surface area (Å²) >= 11 is 5.08. The Morgan fingerprint density at radius 1 is 1.27 bits per heavy atom. The Morgan fingerprint density at radius 3 is 2.81 bits per heavy atom. The Morgan fingerprint density at radius 2 is 2.08 bits per heavy atom. The smallest absolute Gasteiger partial charge is 0.162 e. The summed E-state index contributed by atoms with van der Waals surface area (Å²) in [7, 11) is 0. The van der Waals surface area contributed by atoms with Crippen molar-refractivity contribution in [3.8, 4) is 0 Å². The summed E-state index contributed by atoms with van der Waals surface area (Å²) in [4.78, 5) is 13.6. The van der Waals surface area contributed by atoms with Crippen molar-refractivity contribution in [2.45, 2.75) is 30.5 Å². The second-order valence-corrected chi connectivity index (χ2v) is 7.90. The summed E-state index contributed by atoms with van der Waals surface area (Å²) in [6.07, 6.45) is 3.05. The normalized spacial score (nSPS) is 15.5. The lowest BCUT2D eigenvalue weighted by molar-refractivity contribution is -0.115. The molecule has 1 atom stereocenters. The van der Waals surface area contributed by atoms with E-state index in [1.54, 1.807) is 30.0 Å². The lowest BCUT2D eigenvalue weighted by Gasteiger charge is -2.19. The highest BCUT2D eigenvalue weighted by atomic mass is 79.9. The number of benzene rings is 2. The van der Waals surface area contributed by atoms with Gasteiger partial charge in [-0.2, -0.15) is 0 Å². The van der Waals surface area contributed by atoms with E-state index in [0.29, 0.717) is 24.0 Å². The van der Waals surface area contributed by atoms with Crippen molar-refractivity contribution in [2.75, 3.05) is 11.6 Å². The fourth-order valence-electron chi connectivity index (χ4n) is 3.17. The third kappa shape index (κ3) is 4.03. The molecule has 3 rings (SSSR count). The quantitative estimate of drug-likeness (QED) is 0.599. The van der Waals surface area contributed by atoms with E-state index in [-0.39, 0.29) is 5.78 Å². The molecule has 0 spiro atoms. The van der Waals surface area contributed by atoms with Crippen molar-refractivity contribution in [3.05, 3.63) is 69.3 Å². The number of ketones is 1. The number of Topliss-reactive ketones (excluding diaryl/α,β-unsaturated/α-hetero) is 1. The van der Waals surface area contributed by atoms with E-state index in [1.807, 2.05) is 30.5 Å². The number of halogens is 2. The second-order valence-electron chi connectivity index (χ2n) is 6.14. The molecule has 0 heterocycles. The third-order valence-electron chi connectivity index (χ3n) is 4.45. The summed E-state index contributed by atoms with van der Waals surface area (Å²) in [6, 6.07) is 12.6. The average molecular weight is 435 g/mol. The number of allylic oxidation sites excluding steroid dienone is 1. The number of thioether (sulfide) groups is 1. The topological polar surface area (TPSA) is 55.1 Å². The van der Waals surface area contributed by atoms with E-state index < -0.39 is 12.7 Å². The fourth-order valence-corrected chi connectivity index (χ4v) is 4.36. The Balaban J connectivity index is 1.96. The molecular weight excluding hydrogens is 415 g/mol. The van der Waals surface area contributed by atoms with Gasteiger partial charge in [-0.05, 0) is 48.1 Å². The number of hydrogen-bond donors (Lipinski definition) is 2. The summed E-state index contributed by atoms with van der Waals surface area (Å²) in [5, 5.41) is 3.29. The predicted molar refractivity (Wildman–Crippen MR) is 109 cm³/mol. The first-order valence-corrected chi connectivity index (χ1v) is 10.3. The second kappa shape index (κ2) is 8.37. The van der Waals surface area contributed by atoms with Crippen LogP contribution in [0.15, 0.2) is 63.1 Å². The molecule has 26 heavy (non-hydrogen) atoms. The standard InChI is InChI=1S/C20H20BrFN2OS/c1-26-18-10-13(21)5-6-15(18)20(23)19-16(7-8-17(19)25)24-14-4-2-3-12(9-14)11-22/h2-6,9-10,20,24H,7-8,11,23H2,1H3. The molecule has 1 aliphatic carbocycles. The molecule has 2 aromatic carbocycles. The van der Waals surface area contributed by atoms with Crippen molar-refractivity contribution in [1.82, 2.24) is 0 Å². The molecule has 0 saturated carbocycles. The summed E-state index contributed by atoms with van der Waals surface area (Å²) in [5.41, 5.74) is 10.3. The van der Waals surface area contributed by atoms with Gasteiger partial charge >= 0.3 is 0 Å². The summed E-state index contributed by atoms with van der Waals surface area (Å²) in [5.74, 6) is 0.0663. The van der Waals surface area contributed by atoms with Gasteiger partial charge in [0.15, 0.2) is 5.78 Å². The van der Waals surface area contributed by atoms with Gasteiger partial charge in [0.1, 0.15) is 6.67 Å². The van der Waals surface area contributed by atoms with Gasteiger partial charge in [-0.15, -0.1) is 11.8 Å². The van der Waals surface area contributed by atoms with Crippen LogP contribution < -0.4 is 11.1 Å². The van der Waals surface area contributed by atoms with Crippen LogP contribution in [0.2, 0.25) is 0 Å². The number of rotatable bonds is 6. The minimum absolute atomic E-state index is 0.0663. The zero-order valence-electron chi connectivity index (χ0n) is 14.4. The first kappa shape index (κ1) is 19.1. The Kier molecular flexibility index (Phi) is 6.16. The Labute approximate surface area is 165 Å². The molecule has 0 bridgehead atoms. The summed E-state index contributed by atoms with van der Waals surface area (Å²) in [6.45, 7) is -0.518. The van der Waals surface area contributed by atoms with Gasteiger partial charge in [-0.3, -0.25) is 4.79 Å². The molecule has 6 heteroatoms. The summed E-state index contributed by atoms with van der Waals surface area (Å²) < 4.78 is 13.9. The molecule has 0 amide bonds. The van der Waals surface area contributed by atoms with Gasteiger partial charge in [-0.25, -0.2) is 4.39 Å². The van der Waals surface area contributed by atoms with Gasteiger partial charge in [-0.1, -0.05) is 34.1 Å². The minimum Gasteiger partial charge on any atom is -0.358 e. The largest absolute Gasteiger partial charge is 0.358 e. The maximum Gasteiger partial charge on any atom is 0.162 e. The van der Waals surface area contributed by atoms with Crippen LogP contribution in [0.3, 0.4) is 0 Å². The van der Waals surface area contributed by atoms with Crippen LogP contribution in [-0.2, 0) is 11.5 Å². The van der Waals surface area contributed by atoms with Crippen LogP contribution in [-0.4, -0.2) is 12.0 Å². The maximum absolute atomic E-state index is 12.9. The third-order valence-corrected chi connectivity index (χ3v) is 5.73. The number of anilines is 1.